The molecule has 2 heterocycles. The summed E-state index contributed by atoms with van der Waals surface area (Å²) < 4.78 is 36.4. The molecule has 2 N–H and O–H groups in total. The van der Waals surface area contributed by atoms with E-state index in [1.807, 2.05) is 18.7 Å². The molecule has 0 bridgehead atoms. The summed E-state index contributed by atoms with van der Waals surface area (Å²) in [5.74, 6) is -0.287. The zero-order valence-corrected chi connectivity index (χ0v) is 14.3. The van der Waals surface area contributed by atoms with Crippen molar-refractivity contribution in [3.63, 3.8) is 0 Å². The van der Waals surface area contributed by atoms with Crippen LogP contribution in [0, 0.1) is 5.92 Å². The van der Waals surface area contributed by atoms with Crippen molar-refractivity contribution in [1.82, 2.24) is 20.4 Å². The number of nitrogens with zero attached hydrogens (tertiary/aromatic N) is 2. The van der Waals surface area contributed by atoms with Gasteiger partial charge in [-0.05, 0) is 24.8 Å². The molecule has 1 saturated heterocycles. The molecule has 2 rings (SSSR count). The molecule has 25 heavy (non-hydrogen) atoms. The number of carbonyl (C=O) groups excluding carboxylic acids is 2. The number of piperidine rings is 1. The summed E-state index contributed by atoms with van der Waals surface area (Å²) in [7, 11) is 0. The number of hydrogen-bond acceptors (Lipinski definition) is 3. The Hall–Kier alpha value is -2.06. The molecule has 0 aromatic carbocycles. The maximum Gasteiger partial charge on any atom is 0.405 e. The van der Waals surface area contributed by atoms with E-state index in [4.69, 9.17) is 0 Å². The molecule has 140 valence electrons. The number of halogens is 3. The van der Waals surface area contributed by atoms with Gasteiger partial charge < -0.3 is 10.2 Å². The Morgan fingerprint density at radius 3 is 2.56 bits per heavy atom. The van der Waals surface area contributed by atoms with Gasteiger partial charge >= 0.3 is 6.18 Å². The minimum absolute atomic E-state index is 0.0578. The van der Waals surface area contributed by atoms with Crippen LogP contribution in [0.2, 0.25) is 0 Å². The zero-order chi connectivity index (χ0) is 18.6. The largest absolute Gasteiger partial charge is 0.405 e. The molecular formula is C16H23F3N4O2. The van der Waals surface area contributed by atoms with Crippen LogP contribution < -0.4 is 5.32 Å². The zero-order valence-electron chi connectivity index (χ0n) is 14.3. The maximum absolute atomic E-state index is 12.1. The number of rotatable bonds is 5. The van der Waals surface area contributed by atoms with Gasteiger partial charge in [0, 0.05) is 31.1 Å². The lowest BCUT2D eigenvalue weighted by molar-refractivity contribution is -0.133. The summed E-state index contributed by atoms with van der Waals surface area (Å²) in [5.41, 5.74) is 0.658. The highest BCUT2D eigenvalue weighted by molar-refractivity contribution is 5.92. The lowest BCUT2D eigenvalue weighted by Gasteiger charge is -2.32. The number of likely N-dealkylation sites (tertiary alicyclic amines) is 1. The van der Waals surface area contributed by atoms with Crippen molar-refractivity contribution in [2.24, 2.45) is 5.92 Å². The molecule has 0 radical (unpaired) electrons. The normalized spacial score (nSPS) is 16.3. The number of alkyl halides is 3. The van der Waals surface area contributed by atoms with Crippen LogP contribution in [0.4, 0.5) is 13.2 Å². The van der Waals surface area contributed by atoms with Crippen LogP contribution in [-0.4, -0.2) is 52.7 Å². The van der Waals surface area contributed by atoms with Crippen LogP contribution in [0.1, 0.15) is 55.2 Å². The second kappa shape index (κ2) is 7.88. The minimum Gasteiger partial charge on any atom is -0.343 e. The summed E-state index contributed by atoms with van der Waals surface area (Å²) in [5, 5.41) is 8.33. The van der Waals surface area contributed by atoms with Crippen molar-refractivity contribution in [3.8, 4) is 0 Å². The standard InChI is InChI=1S/C16H23F3N4O2/c1-10(2)7-14(24)23-5-3-11(4-6-23)12-8-13(22-21-12)15(25)20-9-16(17,18)19/h8,10-11H,3-7,9H2,1-2H3,(H,20,25)(H,21,22). The van der Waals surface area contributed by atoms with Gasteiger partial charge in [-0.25, -0.2) is 0 Å². The molecule has 1 aromatic heterocycles. The maximum atomic E-state index is 12.1. The average molecular weight is 360 g/mol. The lowest BCUT2D eigenvalue weighted by atomic mass is 9.93. The van der Waals surface area contributed by atoms with Crippen LogP contribution in [0.15, 0.2) is 6.07 Å². The summed E-state index contributed by atoms with van der Waals surface area (Å²) >= 11 is 0. The number of aromatic amines is 1. The van der Waals surface area contributed by atoms with Gasteiger partial charge in [0.25, 0.3) is 5.91 Å². The van der Waals surface area contributed by atoms with Gasteiger partial charge in [0.1, 0.15) is 12.2 Å². The fourth-order valence-corrected chi connectivity index (χ4v) is 2.85. The number of H-pyrrole nitrogens is 1. The van der Waals surface area contributed by atoms with Crippen LogP contribution in [-0.2, 0) is 4.79 Å². The average Bonchev–Trinajstić information content (AvgIpc) is 3.01. The van der Waals surface area contributed by atoms with Gasteiger partial charge in [0.05, 0.1) is 0 Å². The molecule has 1 aromatic rings. The van der Waals surface area contributed by atoms with E-state index in [-0.39, 0.29) is 17.5 Å². The Bertz CT molecular complexity index is 605. The van der Waals surface area contributed by atoms with E-state index in [2.05, 4.69) is 10.2 Å². The second-order valence-corrected chi connectivity index (χ2v) is 6.76. The Morgan fingerprint density at radius 2 is 2.00 bits per heavy atom. The first-order chi connectivity index (χ1) is 11.7. The Kier molecular flexibility index (Phi) is 6.07. The van der Waals surface area contributed by atoms with E-state index in [0.29, 0.717) is 31.1 Å². The van der Waals surface area contributed by atoms with Crippen LogP contribution in [0.5, 0.6) is 0 Å². The van der Waals surface area contributed by atoms with Gasteiger partial charge in [-0.3, -0.25) is 14.7 Å². The molecule has 0 aliphatic carbocycles. The lowest BCUT2D eigenvalue weighted by Crippen LogP contribution is -2.38. The monoisotopic (exact) mass is 360 g/mol. The van der Waals surface area contributed by atoms with Gasteiger partial charge in [-0.2, -0.15) is 18.3 Å². The highest BCUT2D eigenvalue weighted by atomic mass is 19.4. The van der Waals surface area contributed by atoms with E-state index >= 15 is 0 Å². The Labute approximate surface area is 144 Å². The smallest absolute Gasteiger partial charge is 0.343 e. The number of aromatic nitrogens is 2. The third-order valence-corrected chi connectivity index (χ3v) is 4.15. The summed E-state index contributed by atoms with van der Waals surface area (Å²) in [6.07, 6.45) is -2.46. The highest BCUT2D eigenvalue weighted by Crippen LogP contribution is 2.27. The third kappa shape index (κ3) is 5.75. The molecule has 0 unspecified atom stereocenters. The summed E-state index contributed by atoms with van der Waals surface area (Å²) in [4.78, 5) is 25.6. The second-order valence-electron chi connectivity index (χ2n) is 6.76. The van der Waals surface area contributed by atoms with Gasteiger partial charge in [-0.15, -0.1) is 0 Å². The molecule has 0 atom stereocenters. The van der Waals surface area contributed by atoms with Crippen LogP contribution >= 0.6 is 0 Å². The Morgan fingerprint density at radius 1 is 1.36 bits per heavy atom. The van der Waals surface area contributed by atoms with Crippen molar-refractivity contribution < 1.29 is 22.8 Å². The summed E-state index contributed by atoms with van der Waals surface area (Å²) in [6, 6.07) is 1.49. The van der Waals surface area contributed by atoms with E-state index in [0.717, 1.165) is 12.8 Å². The number of amides is 2. The van der Waals surface area contributed by atoms with Gasteiger partial charge in [0.2, 0.25) is 5.91 Å². The molecule has 1 fully saturated rings. The molecule has 0 saturated carbocycles. The minimum atomic E-state index is -4.45. The predicted octanol–water partition coefficient (Wildman–Crippen LogP) is 2.45. The van der Waals surface area contributed by atoms with Crippen molar-refractivity contribution in [2.75, 3.05) is 19.6 Å². The van der Waals surface area contributed by atoms with Crippen LogP contribution in [0.3, 0.4) is 0 Å². The van der Waals surface area contributed by atoms with E-state index < -0.39 is 18.6 Å². The fraction of sp³-hybridized carbons (Fsp3) is 0.688. The molecule has 2 amide bonds. The first-order valence-corrected chi connectivity index (χ1v) is 8.33. The molecule has 1 aliphatic heterocycles. The van der Waals surface area contributed by atoms with Crippen molar-refractivity contribution in [2.45, 2.75) is 45.2 Å². The summed E-state index contributed by atoms with van der Waals surface area (Å²) in [6.45, 7) is 3.88. The first-order valence-electron chi connectivity index (χ1n) is 8.33. The number of nitrogens with one attached hydrogen (secondary N) is 2. The topological polar surface area (TPSA) is 78.1 Å². The predicted molar refractivity (Wildman–Crippen MR) is 85.0 cm³/mol. The van der Waals surface area contributed by atoms with Gasteiger partial charge in [-0.1, -0.05) is 13.8 Å². The number of carbonyl (C=O) groups is 2. The van der Waals surface area contributed by atoms with Crippen molar-refractivity contribution >= 4 is 11.8 Å². The molecule has 9 heteroatoms. The third-order valence-electron chi connectivity index (χ3n) is 4.15. The number of hydrogen-bond donors (Lipinski definition) is 2. The molecule has 6 nitrogen and oxygen atoms in total. The van der Waals surface area contributed by atoms with E-state index in [9.17, 15) is 22.8 Å². The quantitative estimate of drug-likeness (QED) is 0.847. The van der Waals surface area contributed by atoms with Gasteiger partial charge in [0.15, 0.2) is 0 Å². The van der Waals surface area contributed by atoms with Crippen LogP contribution in [0.25, 0.3) is 0 Å². The van der Waals surface area contributed by atoms with Crippen molar-refractivity contribution in [3.05, 3.63) is 17.5 Å². The Balaban J connectivity index is 1.87. The van der Waals surface area contributed by atoms with E-state index in [1.54, 1.807) is 5.32 Å². The highest BCUT2D eigenvalue weighted by Gasteiger charge is 2.29. The SMILES string of the molecule is CC(C)CC(=O)N1CCC(c2cc(C(=O)NCC(F)(F)F)n[nH]2)CC1. The molecular weight excluding hydrogens is 337 g/mol. The first kappa shape index (κ1) is 19.3. The van der Waals surface area contributed by atoms with Crippen molar-refractivity contribution in [1.29, 1.82) is 0 Å². The molecule has 0 spiro atoms. The van der Waals surface area contributed by atoms with E-state index in [1.165, 1.54) is 6.07 Å². The fourth-order valence-electron chi connectivity index (χ4n) is 2.85. The molecule has 1 aliphatic rings.